The fourth-order valence-electron chi connectivity index (χ4n) is 7.12. The number of aromatic hydroxyl groups is 2. The Hall–Kier alpha value is -1.18. The highest BCUT2D eigenvalue weighted by atomic mass is 16.3. The van der Waals surface area contributed by atoms with Crippen molar-refractivity contribution in [1.82, 2.24) is 0 Å². The van der Waals surface area contributed by atoms with E-state index < -0.39 is 0 Å². The predicted octanol–water partition coefficient (Wildman–Crippen LogP) is 5.15. The summed E-state index contributed by atoms with van der Waals surface area (Å²) in [6.07, 6.45) is 7.40. The van der Waals surface area contributed by atoms with Crippen molar-refractivity contribution in [3.8, 4) is 11.5 Å². The topological polar surface area (TPSA) is 40.5 Å². The summed E-state index contributed by atoms with van der Waals surface area (Å²) in [4.78, 5) is 0. The second-order valence-corrected chi connectivity index (χ2v) is 9.61. The molecule has 2 nitrogen and oxygen atoms in total. The minimum atomic E-state index is 0.0613. The summed E-state index contributed by atoms with van der Waals surface area (Å²) >= 11 is 0. The summed E-state index contributed by atoms with van der Waals surface area (Å²) in [6.45, 7) is 9.80. The van der Waals surface area contributed by atoms with E-state index in [1.54, 1.807) is 0 Å². The fraction of sp³-hybridized carbons (Fsp3) is 0.714. The first kappa shape index (κ1) is 15.4. The molecule has 0 spiro atoms. The minimum Gasteiger partial charge on any atom is -0.508 e. The standard InChI is InChI=1S/C21H30O2/c1-19(2)7-5-8-20(3)16(19)6-9-21(4)17(20)11-13-10-14(22)12-15(23)18(13)21/h10,12,16-17,22-23H,5-9,11H2,1-4H3. The highest BCUT2D eigenvalue weighted by Gasteiger charge is 2.61. The van der Waals surface area contributed by atoms with Crippen LogP contribution in [0.4, 0.5) is 0 Å². The molecule has 126 valence electrons. The maximum absolute atomic E-state index is 10.5. The van der Waals surface area contributed by atoms with Gasteiger partial charge >= 0.3 is 0 Å². The lowest BCUT2D eigenvalue weighted by molar-refractivity contribution is -0.0984. The van der Waals surface area contributed by atoms with E-state index in [1.165, 1.54) is 37.3 Å². The number of phenols is 2. The van der Waals surface area contributed by atoms with E-state index in [0.717, 1.165) is 24.3 Å². The Morgan fingerprint density at radius 2 is 1.70 bits per heavy atom. The molecule has 4 unspecified atom stereocenters. The van der Waals surface area contributed by atoms with Crippen LogP contribution in [0.25, 0.3) is 0 Å². The van der Waals surface area contributed by atoms with Gasteiger partial charge in [-0.3, -0.25) is 0 Å². The van der Waals surface area contributed by atoms with Gasteiger partial charge in [0.25, 0.3) is 0 Å². The Morgan fingerprint density at radius 1 is 0.957 bits per heavy atom. The molecule has 0 amide bonds. The number of rotatable bonds is 0. The third kappa shape index (κ3) is 1.87. The second-order valence-electron chi connectivity index (χ2n) is 9.61. The molecule has 1 aromatic carbocycles. The fourth-order valence-corrected chi connectivity index (χ4v) is 7.12. The zero-order valence-corrected chi connectivity index (χ0v) is 14.9. The van der Waals surface area contributed by atoms with Gasteiger partial charge < -0.3 is 10.2 Å². The molecule has 2 fully saturated rings. The van der Waals surface area contributed by atoms with Crippen LogP contribution in [0.15, 0.2) is 12.1 Å². The van der Waals surface area contributed by atoms with Gasteiger partial charge in [0, 0.05) is 17.0 Å². The maximum Gasteiger partial charge on any atom is 0.123 e. The van der Waals surface area contributed by atoms with Gasteiger partial charge in [-0.1, -0.05) is 34.1 Å². The summed E-state index contributed by atoms with van der Waals surface area (Å²) in [7, 11) is 0. The van der Waals surface area contributed by atoms with Crippen LogP contribution in [0.5, 0.6) is 11.5 Å². The number of phenolic OH excluding ortho intramolecular Hbond substituents is 2. The van der Waals surface area contributed by atoms with Gasteiger partial charge in [0.2, 0.25) is 0 Å². The molecule has 2 heteroatoms. The van der Waals surface area contributed by atoms with Crippen molar-refractivity contribution in [3.05, 3.63) is 23.3 Å². The molecule has 0 bridgehead atoms. The Morgan fingerprint density at radius 3 is 2.43 bits per heavy atom. The van der Waals surface area contributed by atoms with Crippen LogP contribution in [0.2, 0.25) is 0 Å². The Balaban J connectivity index is 1.84. The molecule has 0 aromatic heterocycles. The van der Waals surface area contributed by atoms with Gasteiger partial charge in [0.05, 0.1) is 0 Å². The Labute approximate surface area is 139 Å². The van der Waals surface area contributed by atoms with Gasteiger partial charge in [-0.15, -0.1) is 0 Å². The van der Waals surface area contributed by atoms with Crippen molar-refractivity contribution >= 4 is 0 Å². The SMILES string of the molecule is CC1(C)CCCC2(C)C1CCC1(C)c3c(O)cc(O)cc3CC12. The van der Waals surface area contributed by atoms with Crippen molar-refractivity contribution < 1.29 is 10.2 Å². The van der Waals surface area contributed by atoms with E-state index in [0.29, 0.717) is 22.5 Å². The molecule has 2 saturated carbocycles. The van der Waals surface area contributed by atoms with E-state index in [1.807, 2.05) is 6.07 Å². The second kappa shape index (κ2) is 4.46. The summed E-state index contributed by atoms with van der Waals surface area (Å²) in [6, 6.07) is 3.43. The van der Waals surface area contributed by atoms with Crippen LogP contribution in [0.3, 0.4) is 0 Å². The molecular formula is C21H30O2. The van der Waals surface area contributed by atoms with E-state index in [2.05, 4.69) is 27.7 Å². The van der Waals surface area contributed by atoms with E-state index in [4.69, 9.17) is 0 Å². The quantitative estimate of drug-likeness (QED) is 0.695. The number of benzene rings is 1. The number of hydrogen-bond donors (Lipinski definition) is 2. The lowest BCUT2D eigenvalue weighted by Gasteiger charge is -2.61. The van der Waals surface area contributed by atoms with E-state index in [-0.39, 0.29) is 11.2 Å². The molecule has 4 rings (SSSR count). The van der Waals surface area contributed by atoms with E-state index >= 15 is 0 Å². The highest BCUT2D eigenvalue weighted by Crippen LogP contribution is 2.68. The van der Waals surface area contributed by atoms with Crippen molar-refractivity contribution in [2.75, 3.05) is 0 Å². The zero-order valence-electron chi connectivity index (χ0n) is 14.9. The maximum atomic E-state index is 10.5. The molecule has 4 atom stereocenters. The molecule has 0 heterocycles. The molecule has 0 saturated heterocycles. The predicted molar refractivity (Wildman–Crippen MR) is 92.8 cm³/mol. The van der Waals surface area contributed by atoms with E-state index in [9.17, 15) is 10.2 Å². The first-order valence-electron chi connectivity index (χ1n) is 9.24. The normalized spacial score (nSPS) is 41.0. The molecule has 0 radical (unpaired) electrons. The number of fused-ring (bicyclic) bond motifs is 5. The molecule has 2 N–H and O–H groups in total. The smallest absolute Gasteiger partial charge is 0.123 e. The zero-order chi connectivity index (χ0) is 16.6. The van der Waals surface area contributed by atoms with Crippen LogP contribution < -0.4 is 0 Å². The molecule has 1 aromatic rings. The first-order chi connectivity index (χ1) is 10.7. The lowest BCUT2D eigenvalue weighted by Crippen LogP contribution is -2.55. The van der Waals surface area contributed by atoms with Gasteiger partial charge in [-0.2, -0.15) is 0 Å². The molecule has 23 heavy (non-hydrogen) atoms. The van der Waals surface area contributed by atoms with Crippen LogP contribution in [0.1, 0.15) is 70.9 Å². The first-order valence-corrected chi connectivity index (χ1v) is 9.24. The van der Waals surface area contributed by atoms with Crippen molar-refractivity contribution in [3.63, 3.8) is 0 Å². The number of hydrogen-bond acceptors (Lipinski definition) is 2. The highest BCUT2D eigenvalue weighted by molar-refractivity contribution is 5.54. The minimum absolute atomic E-state index is 0.0613. The van der Waals surface area contributed by atoms with Crippen LogP contribution in [-0.4, -0.2) is 10.2 Å². The molecule has 3 aliphatic carbocycles. The molecular weight excluding hydrogens is 284 g/mol. The van der Waals surface area contributed by atoms with Crippen molar-refractivity contribution in [1.29, 1.82) is 0 Å². The third-order valence-corrected chi connectivity index (χ3v) is 7.97. The van der Waals surface area contributed by atoms with Gasteiger partial charge in [-0.05, 0) is 66.4 Å². The summed E-state index contributed by atoms with van der Waals surface area (Å²) < 4.78 is 0. The van der Waals surface area contributed by atoms with Gasteiger partial charge in [0.15, 0.2) is 0 Å². The average molecular weight is 314 g/mol. The van der Waals surface area contributed by atoms with Gasteiger partial charge in [-0.25, -0.2) is 0 Å². The lowest BCUT2D eigenvalue weighted by atomic mass is 9.43. The molecule has 3 aliphatic rings. The molecule has 0 aliphatic heterocycles. The monoisotopic (exact) mass is 314 g/mol. The van der Waals surface area contributed by atoms with Crippen LogP contribution in [0, 0.1) is 22.7 Å². The summed E-state index contributed by atoms with van der Waals surface area (Å²) in [5, 5.41) is 20.5. The Kier molecular flexibility index (Phi) is 2.98. The van der Waals surface area contributed by atoms with Crippen molar-refractivity contribution in [2.45, 2.75) is 71.6 Å². The third-order valence-electron chi connectivity index (χ3n) is 7.97. The average Bonchev–Trinajstić information content (AvgIpc) is 2.71. The van der Waals surface area contributed by atoms with Crippen molar-refractivity contribution in [2.24, 2.45) is 22.7 Å². The largest absolute Gasteiger partial charge is 0.508 e. The van der Waals surface area contributed by atoms with Crippen LogP contribution in [-0.2, 0) is 11.8 Å². The Bertz CT molecular complexity index is 662. The summed E-state index contributed by atoms with van der Waals surface area (Å²) in [5.41, 5.74) is 3.14. The summed E-state index contributed by atoms with van der Waals surface area (Å²) in [5.74, 6) is 1.86. The van der Waals surface area contributed by atoms with Gasteiger partial charge in [0.1, 0.15) is 11.5 Å². The van der Waals surface area contributed by atoms with Crippen LogP contribution >= 0.6 is 0 Å².